The first-order valence-electron chi connectivity index (χ1n) is 12.0. The molecule has 7 heteroatoms. The Morgan fingerprint density at radius 2 is 1.34 bits per heavy atom. The summed E-state index contributed by atoms with van der Waals surface area (Å²) < 4.78 is 0. The van der Waals surface area contributed by atoms with Crippen LogP contribution in [0, 0.1) is 0 Å². The van der Waals surface area contributed by atoms with E-state index in [2.05, 4.69) is 10.6 Å². The van der Waals surface area contributed by atoms with E-state index in [1.165, 1.54) is 17.8 Å². The van der Waals surface area contributed by atoms with Crippen molar-refractivity contribution < 1.29 is 19.5 Å². The quantitative estimate of drug-likeness (QED) is 0.200. The zero-order chi connectivity index (χ0) is 26.6. The van der Waals surface area contributed by atoms with E-state index >= 15 is 0 Å². The first kappa shape index (κ1) is 25.0. The Bertz CT molecular complexity index is 1690. The van der Waals surface area contributed by atoms with Crippen LogP contribution in [0.5, 0.6) is 0 Å². The van der Waals surface area contributed by atoms with Gasteiger partial charge in [0.15, 0.2) is 0 Å². The minimum atomic E-state index is -1.09. The molecule has 0 spiro atoms. The third-order valence-corrected chi connectivity index (χ3v) is 7.26. The molecular weight excluding hydrogens is 496 g/mol. The number of benzene rings is 5. The third kappa shape index (κ3) is 5.38. The average Bonchev–Trinajstić information content (AvgIpc) is 2.92. The maximum Gasteiger partial charge on any atom is 0.336 e. The number of carboxylic acids is 1. The van der Waals surface area contributed by atoms with Gasteiger partial charge in [0.25, 0.3) is 5.91 Å². The second-order valence-electron chi connectivity index (χ2n) is 8.81. The molecule has 0 aliphatic heterocycles. The fourth-order valence-electron chi connectivity index (χ4n) is 4.32. The van der Waals surface area contributed by atoms with Crippen molar-refractivity contribution in [2.45, 2.75) is 17.1 Å². The molecule has 1 atom stereocenters. The zero-order valence-electron chi connectivity index (χ0n) is 20.5. The number of anilines is 2. The molecule has 0 aliphatic rings. The van der Waals surface area contributed by atoms with E-state index in [1.807, 2.05) is 55.5 Å². The number of hydrogen-bond donors (Lipinski definition) is 3. The standard InChI is InChI=1S/C31H24N2O4S/c1-19(29(34)32-24-16-15-20-7-2-3-8-22(20)17-24)38-25-12-6-11-23(18-25)33-30(35)26-13-4-9-21-10-5-14-27(28(21)26)31(36)37/h2-19H,1H3,(H,32,34)(H,33,35)(H,36,37). The summed E-state index contributed by atoms with van der Waals surface area (Å²) in [6.45, 7) is 1.83. The molecule has 188 valence electrons. The molecule has 0 saturated carbocycles. The number of thioether (sulfide) groups is 1. The molecule has 3 N–H and O–H groups in total. The lowest BCUT2D eigenvalue weighted by Crippen LogP contribution is -2.22. The van der Waals surface area contributed by atoms with E-state index in [-0.39, 0.29) is 22.3 Å². The Kier molecular flexibility index (Phi) is 7.11. The third-order valence-electron chi connectivity index (χ3n) is 6.17. The fourth-order valence-corrected chi connectivity index (χ4v) is 5.25. The largest absolute Gasteiger partial charge is 0.478 e. The molecule has 5 rings (SSSR count). The Hall–Kier alpha value is -4.62. The van der Waals surface area contributed by atoms with Crippen LogP contribution < -0.4 is 10.6 Å². The Morgan fingerprint density at radius 1 is 0.684 bits per heavy atom. The summed E-state index contributed by atoms with van der Waals surface area (Å²) in [7, 11) is 0. The van der Waals surface area contributed by atoms with Gasteiger partial charge in [0.2, 0.25) is 5.91 Å². The van der Waals surface area contributed by atoms with Crippen molar-refractivity contribution in [2.24, 2.45) is 0 Å². The van der Waals surface area contributed by atoms with Gasteiger partial charge >= 0.3 is 5.97 Å². The molecule has 1 unspecified atom stereocenters. The van der Waals surface area contributed by atoms with Gasteiger partial charge in [-0.1, -0.05) is 60.7 Å². The summed E-state index contributed by atoms with van der Waals surface area (Å²) >= 11 is 1.38. The van der Waals surface area contributed by atoms with Crippen molar-refractivity contribution in [3.05, 3.63) is 114 Å². The average molecular weight is 521 g/mol. The zero-order valence-corrected chi connectivity index (χ0v) is 21.3. The Balaban J connectivity index is 1.29. The summed E-state index contributed by atoms with van der Waals surface area (Å²) in [5.74, 6) is -1.63. The normalized spacial score (nSPS) is 11.7. The van der Waals surface area contributed by atoms with Gasteiger partial charge in [0.05, 0.1) is 10.8 Å². The number of rotatable bonds is 7. The summed E-state index contributed by atoms with van der Waals surface area (Å²) in [6.07, 6.45) is 0. The highest BCUT2D eigenvalue weighted by molar-refractivity contribution is 8.00. The van der Waals surface area contributed by atoms with E-state index in [0.29, 0.717) is 16.5 Å². The van der Waals surface area contributed by atoms with Crippen molar-refractivity contribution >= 4 is 62.5 Å². The minimum absolute atomic E-state index is 0.0730. The van der Waals surface area contributed by atoms with Gasteiger partial charge in [-0.3, -0.25) is 9.59 Å². The molecule has 0 radical (unpaired) electrons. The van der Waals surface area contributed by atoms with Crippen molar-refractivity contribution in [1.82, 2.24) is 0 Å². The molecule has 6 nitrogen and oxygen atoms in total. The molecular formula is C31H24N2O4S. The van der Waals surface area contributed by atoms with Crippen LogP contribution in [0.4, 0.5) is 11.4 Å². The van der Waals surface area contributed by atoms with Gasteiger partial charge in [0, 0.05) is 27.2 Å². The van der Waals surface area contributed by atoms with Crippen LogP contribution in [-0.4, -0.2) is 28.1 Å². The molecule has 0 aliphatic carbocycles. The van der Waals surface area contributed by atoms with Gasteiger partial charge < -0.3 is 15.7 Å². The van der Waals surface area contributed by atoms with Crippen molar-refractivity contribution in [1.29, 1.82) is 0 Å². The van der Waals surface area contributed by atoms with Gasteiger partial charge in [0.1, 0.15) is 0 Å². The van der Waals surface area contributed by atoms with Crippen molar-refractivity contribution in [2.75, 3.05) is 10.6 Å². The predicted octanol–water partition coefficient (Wildman–Crippen LogP) is 7.06. The topological polar surface area (TPSA) is 95.5 Å². The number of carbonyl (C=O) groups is 3. The van der Waals surface area contributed by atoms with E-state index in [0.717, 1.165) is 21.4 Å². The molecule has 38 heavy (non-hydrogen) atoms. The van der Waals surface area contributed by atoms with Crippen molar-refractivity contribution in [3.63, 3.8) is 0 Å². The van der Waals surface area contributed by atoms with Crippen LogP contribution in [0.3, 0.4) is 0 Å². The maximum atomic E-state index is 13.2. The lowest BCUT2D eigenvalue weighted by Gasteiger charge is -2.14. The Labute approximate surface area is 223 Å². The van der Waals surface area contributed by atoms with Crippen molar-refractivity contribution in [3.8, 4) is 0 Å². The van der Waals surface area contributed by atoms with Gasteiger partial charge in [-0.25, -0.2) is 4.79 Å². The number of carboxylic acid groups (broad SMARTS) is 1. The smallest absolute Gasteiger partial charge is 0.336 e. The molecule has 2 amide bonds. The number of hydrogen-bond acceptors (Lipinski definition) is 4. The fraction of sp³-hybridized carbons (Fsp3) is 0.0645. The van der Waals surface area contributed by atoms with E-state index in [1.54, 1.807) is 48.5 Å². The second-order valence-corrected chi connectivity index (χ2v) is 10.2. The number of amides is 2. The molecule has 0 bridgehead atoms. The highest BCUT2D eigenvalue weighted by atomic mass is 32.2. The highest BCUT2D eigenvalue weighted by Gasteiger charge is 2.18. The summed E-state index contributed by atoms with van der Waals surface area (Å²) in [6, 6.07) is 31.1. The SMILES string of the molecule is CC(Sc1cccc(NC(=O)c2cccc3cccc(C(=O)O)c23)c1)C(=O)Nc1ccc2ccccc2c1. The van der Waals surface area contributed by atoms with Crippen LogP contribution in [0.1, 0.15) is 27.6 Å². The van der Waals surface area contributed by atoms with Crippen LogP contribution in [0.25, 0.3) is 21.5 Å². The summed E-state index contributed by atoms with van der Waals surface area (Å²) in [5, 5.41) is 18.3. The van der Waals surface area contributed by atoms with Crippen LogP contribution in [0.2, 0.25) is 0 Å². The van der Waals surface area contributed by atoms with Crippen LogP contribution in [0.15, 0.2) is 108 Å². The molecule has 0 fully saturated rings. The predicted molar refractivity (Wildman–Crippen MR) is 153 cm³/mol. The van der Waals surface area contributed by atoms with E-state index in [4.69, 9.17) is 0 Å². The van der Waals surface area contributed by atoms with Crippen LogP contribution >= 0.6 is 11.8 Å². The summed E-state index contributed by atoms with van der Waals surface area (Å²) in [4.78, 5) is 38.6. The lowest BCUT2D eigenvalue weighted by molar-refractivity contribution is -0.115. The Morgan fingerprint density at radius 3 is 2.11 bits per heavy atom. The molecule has 5 aromatic carbocycles. The maximum absolute atomic E-state index is 13.2. The van der Waals surface area contributed by atoms with Crippen LogP contribution in [-0.2, 0) is 4.79 Å². The molecule has 0 heterocycles. The van der Waals surface area contributed by atoms with E-state index < -0.39 is 11.9 Å². The lowest BCUT2D eigenvalue weighted by atomic mass is 9.98. The summed E-state index contributed by atoms with van der Waals surface area (Å²) in [5.41, 5.74) is 1.63. The minimum Gasteiger partial charge on any atom is -0.478 e. The molecule has 0 saturated heterocycles. The second kappa shape index (κ2) is 10.8. The molecule has 5 aromatic rings. The van der Waals surface area contributed by atoms with E-state index in [9.17, 15) is 19.5 Å². The number of carbonyl (C=O) groups excluding carboxylic acids is 2. The monoisotopic (exact) mass is 520 g/mol. The highest BCUT2D eigenvalue weighted by Crippen LogP contribution is 2.29. The van der Waals surface area contributed by atoms with Gasteiger partial charge in [-0.15, -0.1) is 11.8 Å². The molecule has 0 aromatic heterocycles. The first-order valence-corrected chi connectivity index (χ1v) is 12.9. The number of fused-ring (bicyclic) bond motifs is 2. The first-order chi connectivity index (χ1) is 18.4. The number of aromatic carboxylic acids is 1. The van der Waals surface area contributed by atoms with Gasteiger partial charge in [-0.05, 0) is 65.5 Å². The number of nitrogens with one attached hydrogen (secondary N) is 2. The van der Waals surface area contributed by atoms with Gasteiger partial charge in [-0.2, -0.15) is 0 Å².